The third-order valence-electron chi connectivity index (χ3n) is 8.10. The number of aromatic amines is 1. The summed E-state index contributed by atoms with van der Waals surface area (Å²) in [5.41, 5.74) is 1.32. The minimum atomic E-state index is -0.671. The molecule has 3 aromatic rings. The van der Waals surface area contributed by atoms with Gasteiger partial charge in [0.15, 0.2) is 0 Å². The molecule has 7 nitrogen and oxygen atoms in total. The predicted molar refractivity (Wildman–Crippen MR) is 126 cm³/mol. The van der Waals surface area contributed by atoms with E-state index in [0.717, 1.165) is 24.1 Å². The van der Waals surface area contributed by atoms with Crippen LogP contribution in [0.4, 0.5) is 8.78 Å². The van der Waals surface area contributed by atoms with Gasteiger partial charge in [0.2, 0.25) is 5.91 Å². The lowest BCUT2D eigenvalue weighted by Crippen LogP contribution is -2.48. The number of aromatic nitrogens is 4. The van der Waals surface area contributed by atoms with E-state index in [9.17, 15) is 18.4 Å². The fraction of sp³-hybridized carbons (Fsp3) is 0.423. The number of amides is 1. The van der Waals surface area contributed by atoms with Crippen molar-refractivity contribution in [2.75, 3.05) is 13.1 Å². The third-order valence-corrected chi connectivity index (χ3v) is 8.10. The van der Waals surface area contributed by atoms with Gasteiger partial charge in [-0.05, 0) is 60.9 Å². The molecule has 1 N–H and O–H groups in total. The van der Waals surface area contributed by atoms with E-state index >= 15 is 0 Å². The van der Waals surface area contributed by atoms with Crippen molar-refractivity contribution in [2.24, 2.45) is 5.41 Å². The molecule has 2 aliphatic rings. The molecule has 1 amide bonds. The van der Waals surface area contributed by atoms with Gasteiger partial charge in [-0.2, -0.15) is 15.3 Å². The smallest absolute Gasteiger partial charge is 0.264 e. The van der Waals surface area contributed by atoms with E-state index in [1.54, 1.807) is 17.0 Å². The zero-order chi connectivity index (χ0) is 25.0. The number of H-pyrrole nitrogens is 1. The SMILES string of the molecule is CCN(C[C@@]12CC[C@@H](c3cc(-c4c(F)cccc4F)nnc31)C2(C)C)C(=O)Cc1ccc(=O)[nH]n1. The van der Waals surface area contributed by atoms with Gasteiger partial charge in [0.1, 0.15) is 11.6 Å². The average molecular weight is 480 g/mol. The Morgan fingerprint density at radius 1 is 1.17 bits per heavy atom. The van der Waals surface area contributed by atoms with Gasteiger partial charge in [-0.1, -0.05) is 19.9 Å². The Hall–Kier alpha value is -3.49. The molecule has 2 bridgehead atoms. The monoisotopic (exact) mass is 479 g/mol. The second kappa shape index (κ2) is 8.32. The summed E-state index contributed by atoms with van der Waals surface area (Å²) in [6, 6.07) is 8.44. The van der Waals surface area contributed by atoms with Crippen LogP contribution in [0.1, 0.15) is 56.5 Å². The second-order valence-electron chi connectivity index (χ2n) is 10.0. The van der Waals surface area contributed by atoms with Gasteiger partial charge >= 0.3 is 0 Å². The van der Waals surface area contributed by atoms with Gasteiger partial charge in [0.05, 0.1) is 29.1 Å². The molecule has 0 aliphatic heterocycles. The molecule has 1 fully saturated rings. The molecule has 9 heteroatoms. The predicted octanol–water partition coefficient (Wildman–Crippen LogP) is 3.75. The Morgan fingerprint density at radius 2 is 1.91 bits per heavy atom. The molecule has 2 heterocycles. The van der Waals surface area contributed by atoms with E-state index in [-0.39, 0.29) is 40.5 Å². The van der Waals surface area contributed by atoms with Crippen LogP contribution in [-0.2, 0) is 16.6 Å². The summed E-state index contributed by atoms with van der Waals surface area (Å²) < 4.78 is 28.9. The van der Waals surface area contributed by atoms with Gasteiger partial charge in [0.25, 0.3) is 5.56 Å². The summed E-state index contributed by atoms with van der Waals surface area (Å²) in [6.07, 6.45) is 1.83. The summed E-state index contributed by atoms with van der Waals surface area (Å²) in [5, 5.41) is 15.1. The summed E-state index contributed by atoms with van der Waals surface area (Å²) in [5.74, 6) is -1.28. The molecule has 1 saturated carbocycles. The van der Waals surface area contributed by atoms with Gasteiger partial charge in [-0.15, -0.1) is 0 Å². The number of fused-ring (bicyclic) bond motifs is 5. The molecule has 5 rings (SSSR count). The molecule has 2 aromatic heterocycles. The van der Waals surface area contributed by atoms with Crippen LogP contribution in [0.2, 0.25) is 0 Å². The number of carbonyl (C=O) groups is 1. The first kappa shape index (κ1) is 23.3. The van der Waals surface area contributed by atoms with Crippen molar-refractivity contribution >= 4 is 5.91 Å². The Labute approximate surface area is 201 Å². The number of benzene rings is 1. The molecule has 1 aromatic carbocycles. The Morgan fingerprint density at radius 3 is 2.57 bits per heavy atom. The second-order valence-corrected chi connectivity index (χ2v) is 10.0. The quantitative estimate of drug-likeness (QED) is 0.581. The number of nitrogens with one attached hydrogen (secondary N) is 1. The summed E-state index contributed by atoms with van der Waals surface area (Å²) in [7, 11) is 0. The highest BCUT2D eigenvalue weighted by molar-refractivity contribution is 5.78. The Balaban J connectivity index is 1.49. The highest BCUT2D eigenvalue weighted by Crippen LogP contribution is 2.67. The molecule has 2 atom stereocenters. The van der Waals surface area contributed by atoms with E-state index in [2.05, 4.69) is 34.2 Å². The van der Waals surface area contributed by atoms with Crippen LogP contribution in [0, 0.1) is 17.0 Å². The molecule has 0 saturated heterocycles. The van der Waals surface area contributed by atoms with Crippen molar-refractivity contribution in [3.63, 3.8) is 0 Å². The summed E-state index contributed by atoms with van der Waals surface area (Å²) in [4.78, 5) is 26.3. The van der Waals surface area contributed by atoms with E-state index in [0.29, 0.717) is 18.8 Å². The van der Waals surface area contributed by atoms with E-state index < -0.39 is 17.0 Å². The van der Waals surface area contributed by atoms with Crippen LogP contribution in [0.25, 0.3) is 11.3 Å². The molecule has 182 valence electrons. The number of hydrogen-bond donors (Lipinski definition) is 1. The number of rotatable bonds is 6. The van der Waals surface area contributed by atoms with Gasteiger partial charge in [-0.3, -0.25) is 9.59 Å². The van der Waals surface area contributed by atoms with Crippen LogP contribution < -0.4 is 5.56 Å². The maximum Gasteiger partial charge on any atom is 0.264 e. The normalized spacial score (nSPS) is 21.7. The van der Waals surface area contributed by atoms with Gasteiger partial charge in [0, 0.05) is 24.6 Å². The first-order chi connectivity index (χ1) is 16.7. The molecule has 0 spiro atoms. The molecule has 0 radical (unpaired) electrons. The number of hydrogen-bond acceptors (Lipinski definition) is 5. The summed E-state index contributed by atoms with van der Waals surface area (Å²) in [6.45, 7) is 7.26. The lowest BCUT2D eigenvalue weighted by atomic mass is 9.68. The first-order valence-electron chi connectivity index (χ1n) is 11.8. The van der Waals surface area contributed by atoms with Crippen LogP contribution >= 0.6 is 0 Å². The molecule has 0 unspecified atom stereocenters. The van der Waals surface area contributed by atoms with Crippen molar-refractivity contribution in [1.29, 1.82) is 0 Å². The van der Waals surface area contributed by atoms with E-state index in [1.807, 2.05) is 6.92 Å². The van der Waals surface area contributed by atoms with Gasteiger partial charge in [-0.25, -0.2) is 13.9 Å². The van der Waals surface area contributed by atoms with E-state index in [1.165, 1.54) is 24.3 Å². The number of likely N-dealkylation sites (N-methyl/N-ethyl adjacent to an activating group) is 1. The first-order valence-corrected chi connectivity index (χ1v) is 11.8. The third kappa shape index (κ3) is 3.56. The lowest BCUT2D eigenvalue weighted by molar-refractivity contribution is -0.131. The Kier molecular flexibility index (Phi) is 5.53. The van der Waals surface area contributed by atoms with Crippen LogP contribution in [-0.4, -0.2) is 44.3 Å². The number of carbonyl (C=O) groups excluding carboxylic acids is 1. The largest absolute Gasteiger partial charge is 0.342 e. The van der Waals surface area contributed by atoms with Crippen molar-refractivity contribution in [1.82, 2.24) is 25.3 Å². The van der Waals surface area contributed by atoms with Crippen molar-refractivity contribution in [2.45, 2.75) is 51.4 Å². The van der Waals surface area contributed by atoms with Crippen molar-refractivity contribution < 1.29 is 13.6 Å². The minimum absolute atomic E-state index is 0.0780. The van der Waals surface area contributed by atoms with Crippen LogP contribution in [0.5, 0.6) is 0 Å². The average Bonchev–Trinajstić information content (AvgIpc) is 3.18. The zero-order valence-corrected chi connectivity index (χ0v) is 19.9. The summed E-state index contributed by atoms with van der Waals surface area (Å²) >= 11 is 0. The zero-order valence-electron chi connectivity index (χ0n) is 19.9. The van der Waals surface area contributed by atoms with Crippen LogP contribution in [0.3, 0.4) is 0 Å². The molecular formula is C26H27F2N5O2. The molecule has 2 aliphatic carbocycles. The van der Waals surface area contributed by atoms with Crippen LogP contribution in [0.15, 0.2) is 41.2 Å². The highest BCUT2D eigenvalue weighted by Gasteiger charge is 2.64. The van der Waals surface area contributed by atoms with Crippen molar-refractivity contribution in [3.05, 3.63) is 75.3 Å². The molecular weight excluding hydrogens is 452 g/mol. The number of nitrogens with zero attached hydrogens (tertiary/aromatic N) is 4. The minimum Gasteiger partial charge on any atom is -0.342 e. The fourth-order valence-corrected chi connectivity index (χ4v) is 6.08. The topological polar surface area (TPSA) is 91.8 Å². The maximum atomic E-state index is 14.4. The number of halogens is 2. The highest BCUT2D eigenvalue weighted by atomic mass is 19.1. The Bertz CT molecular complexity index is 1330. The lowest BCUT2D eigenvalue weighted by Gasteiger charge is -2.41. The molecule has 35 heavy (non-hydrogen) atoms. The standard InChI is InChI=1S/C26H27F2N5O2/c1-4-33(22(35)12-15-8-9-21(34)31-29-15)14-26-11-10-17(25(26,2)3)16-13-20(30-32-24(16)26)23-18(27)6-5-7-19(23)28/h5-9,13,17H,4,10-12,14H2,1-3H3,(H,31,34)/t17-,26-/m0/s1. The fourth-order valence-electron chi connectivity index (χ4n) is 6.08. The van der Waals surface area contributed by atoms with Gasteiger partial charge < -0.3 is 4.90 Å². The maximum absolute atomic E-state index is 14.4. The van der Waals surface area contributed by atoms with Crippen molar-refractivity contribution in [3.8, 4) is 11.3 Å². The van der Waals surface area contributed by atoms with E-state index in [4.69, 9.17) is 0 Å².